The molecular weight excluding hydrogens is 530 g/mol. The molecule has 5 aromatic carbocycles. The van der Waals surface area contributed by atoms with E-state index in [0.717, 1.165) is 49.7 Å². The number of benzene rings is 5. The molecule has 1 N–H and O–H groups in total. The fourth-order valence-corrected chi connectivity index (χ4v) is 5.48. The van der Waals surface area contributed by atoms with Crippen LogP contribution in [0.5, 0.6) is 5.75 Å². The largest absolute Gasteiger partial charge is 0.497 e. The van der Waals surface area contributed by atoms with Gasteiger partial charge in [-0.3, -0.25) is 9.36 Å². The Morgan fingerprint density at radius 1 is 0.902 bits per heavy atom. The normalized spacial score (nSPS) is 11.4. The minimum atomic E-state index is -0.236. The highest BCUT2D eigenvalue weighted by molar-refractivity contribution is 7.99. The number of carbonyl (C=O) groups is 1. The Morgan fingerprint density at radius 3 is 2.22 bits per heavy atom. The number of ether oxygens (including phenoxy) is 1. The third kappa shape index (κ3) is 5.55. The van der Waals surface area contributed by atoms with Gasteiger partial charge in [0.1, 0.15) is 5.75 Å². The minimum Gasteiger partial charge on any atom is -0.497 e. The predicted molar refractivity (Wildman–Crippen MR) is 166 cm³/mol. The zero-order chi connectivity index (χ0) is 28.2. The van der Waals surface area contributed by atoms with E-state index in [4.69, 9.17) is 4.74 Å². The number of nitrogens with one attached hydrogen (secondary N) is 1. The van der Waals surface area contributed by atoms with Crippen LogP contribution in [0.1, 0.15) is 11.1 Å². The van der Waals surface area contributed by atoms with Gasteiger partial charge in [-0.25, -0.2) is 5.43 Å². The molecule has 8 heteroatoms. The maximum Gasteiger partial charge on any atom is 0.250 e. The van der Waals surface area contributed by atoms with E-state index in [0.29, 0.717) is 11.0 Å². The molecule has 202 valence electrons. The number of fused-ring (bicyclic) bond motifs is 2. The van der Waals surface area contributed by atoms with Crippen LogP contribution in [0.25, 0.3) is 38.6 Å². The molecule has 6 aromatic rings. The van der Waals surface area contributed by atoms with Gasteiger partial charge in [0, 0.05) is 16.8 Å². The van der Waals surface area contributed by atoms with Crippen LogP contribution >= 0.6 is 11.8 Å². The summed E-state index contributed by atoms with van der Waals surface area (Å²) in [6.45, 7) is 2.04. The molecule has 1 aromatic heterocycles. The topological polar surface area (TPSA) is 81.4 Å². The highest BCUT2D eigenvalue weighted by atomic mass is 32.2. The average molecular weight is 558 g/mol. The number of aromatic nitrogens is 3. The van der Waals surface area contributed by atoms with Gasteiger partial charge in [-0.1, -0.05) is 78.0 Å². The first-order valence-corrected chi connectivity index (χ1v) is 14.1. The molecule has 0 spiro atoms. The van der Waals surface area contributed by atoms with Crippen LogP contribution in [0.3, 0.4) is 0 Å². The highest BCUT2D eigenvalue weighted by Gasteiger charge is 2.17. The summed E-state index contributed by atoms with van der Waals surface area (Å²) in [5.74, 6) is 1.33. The Kier molecular flexibility index (Phi) is 7.47. The number of methoxy groups -OCH3 is 1. The van der Waals surface area contributed by atoms with E-state index in [1.54, 1.807) is 13.3 Å². The average Bonchev–Trinajstić information content (AvgIpc) is 3.44. The second-order valence-electron chi connectivity index (χ2n) is 9.52. The van der Waals surface area contributed by atoms with Crippen molar-refractivity contribution in [2.75, 3.05) is 12.9 Å². The standard InChI is InChI=1S/C33H27N5O2S/c1-22-11-15-26(16-12-22)38-32(23-13-17-27(40-2)18-14-23)36-37-33(38)41-21-31(39)35-34-20-30-28-9-5-3-7-24(28)19-25-8-4-6-10-29(25)30/h3-20H,21H2,1-2H3,(H,35,39)/b34-20-. The van der Waals surface area contributed by atoms with Crippen molar-refractivity contribution in [3.05, 3.63) is 114 Å². The minimum absolute atomic E-state index is 0.125. The van der Waals surface area contributed by atoms with Crippen molar-refractivity contribution in [3.63, 3.8) is 0 Å². The van der Waals surface area contributed by atoms with Gasteiger partial charge in [0.2, 0.25) is 0 Å². The molecule has 1 amide bonds. The van der Waals surface area contributed by atoms with Crippen LogP contribution in [-0.2, 0) is 4.79 Å². The van der Waals surface area contributed by atoms with E-state index >= 15 is 0 Å². The molecule has 0 bridgehead atoms. The van der Waals surface area contributed by atoms with Crippen LogP contribution < -0.4 is 10.2 Å². The summed E-state index contributed by atoms with van der Waals surface area (Å²) in [5.41, 5.74) is 6.61. The van der Waals surface area contributed by atoms with Crippen LogP contribution in [-0.4, -0.2) is 39.7 Å². The molecule has 0 unspecified atom stereocenters. The van der Waals surface area contributed by atoms with Gasteiger partial charge in [-0.2, -0.15) is 5.10 Å². The number of hydrogen-bond donors (Lipinski definition) is 1. The summed E-state index contributed by atoms with van der Waals surface area (Å²) in [6.07, 6.45) is 1.73. The number of carbonyl (C=O) groups excluding carboxylic acids is 1. The predicted octanol–water partition coefficient (Wildman–Crippen LogP) is 6.80. The van der Waals surface area contributed by atoms with Crippen molar-refractivity contribution in [1.82, 2.24) is 20.2 Å². The van der Waals surface area contributed by atoms with Gasteiger partial charge in [-0.05, 0) is 70.9 Å². The van der Waals surface area contributed by atoms with Crippen molar-refractivity contribution in [2.45, 2.75) is 12.1 Å². The maximum atomic E-state index is 12.9. The number of aryl methyl sites for hydroxylation is 1. The van der Waals surface area contributed by atoms with Gasteiger partial charge in [0.05, 0.1) is 19.1 Å². The Labute approximate surface area is 241 Å². The quantitative estimate of drug-likeness (QED) is 0.0963. The lowest BCUT2D eigenvalue weighted by Crippen LogP contribution is -2.20. The summed E-state index contributed by atoms with van der Waals surface area (Å²) in [5, 5.41) is 18.2. The van der Waals surface area contributed by atoms with Gasteiger partial charge in [-0.15, -0.1) is 10.2 Å². The Hall–Kier alpha value is -4.95. The molecule has 1 heterocycles. The zero-order valence-electron chi connectivity index (χ0n) is 22.6. The fourth-order valence-electron chi connectivity index (χ4n) is 4.74. The second kappa shape index (κ2) is 11.7. The fraction of sp³-hybridized carbons (Fsp3) is 0.0909. The molecule has 0 saturated carbocycles. The number of rotatable bonds is 8. The first kappa shape index (κ1) is 26.3. The molecule has 6 rings (SSSR count). The Balaban J connectivity index is 1.23. The van der Waals surface area contributed by atoms with E-state index < -0.39 is 0 Å². The van der Waals surface area contributed by atoms with Crippen molar-refractivity contribution in [1.29, 1.82) is 0 Å². The maximum absolute atomic E-state index is 12.9. The van der Waals surface area contributed by atoms with Crippen molar-refractivity contribution < 1.29 is 9.53 Å². The lowest BCUT2D eigenvalue weighted by molar-refractivity contribution is -0.118. The number of hydrogen-bond acceptors (Lipinski definition) is 6. The zero-order valence-corrected chi connectivity index (χ0v) is 23.4. The molecular formula is C33H27N5O2S. The first-order chi connectivity index (χ1) is 20.1. The molecule has 41 heavy (non-hydrogen) atoms. The molecule has 0 atom stereocenters. The van der Waals surface area contributed by atoms with Crippen LogP contribution in [0.4, 0.5) is 0 Å². The smallest absolute Gasteiger partial charge is 0.250 e. The van der Waals surface area contributed by atoms with E-state index in [-0.39, 0.29) is 11.7 Å². The monoisotopic (exact) mass is 557 g/mol. The summed E-state index contributed by atoms with van der Waals surface area (Å²) in [7, 11) is 1.64. The van der Waals surface area contributed by atoms with E-state index in [1.807, 2.05) is 84.3 Å². The first-order valence-electron chi connectivity index (χ1n) is 13.1. The number of thioether (sulfide) groups is 1. The Bertz CT molecular complexity index is 1830. The third-order valence-corrected chi connectivity index (χ3v) is 7.73. The van der Waals surface area contributed by atoms with Gasteiger partial charge < -0.3 is 4.74 Å². The third-order valence-electron chi connectivity index (χ3n) is 6.80. The van der Waals surface area contributed by atoms with Crippen molar-refractivity contribution in [3.8, 4) is 22.8 Å². The lowest BCUT2D eigenvalue weighted by atomic mass is 9.97. The summed E-state index contributed by atoms with van der Waals surface area (Å²) in [4.78, 5) is 12.9. The SMILES string of the molecule is COc1ccc(-c2nnc(SCC(=O)N/N=C\c3c4ccccc4cc4ccccc34)n2-c2ccc(C)cc2)cc1. The van der Waals surface area contributed by atoms with Gasteiger partial charge >= 0.3 is 0 Å². The van der Waals surface area contributed by atoms with Crippen LogP contribution in [0, 0.1) is 6.92 Å². The van der Waals surface area contributed by atoms with Crippen LogP contribution in [0.2, 0.25) is 0 Å². The molecule has 0 radical (unpaired) electrons. The van der Waals surface area contributed by atoms with E-state index in [9.17, 15) is 4.79 Å². The molecule has 0 aliphatic heterocycles. The van der Waals surface area contributed by atoms with Crippen molar-refractivity contribution in [2.24, 2.45) is 5.10 Å². The Morgan fingerprint density at radius 2 is 1.56 bits per heavy atom. The van der Waals surface area contributed by atoms with Gasteiger partial charge in [0.15, 0.2) is 11.0 Å². The number of hydrazone groups is 1. The molecule has 0 aliphatic carbocycles. The summed E-state index contributed by atoms with van der Waals surface area (Å²) < 4.78 is 7.27. The highest BCUT2D eigenvalue weighted by Crippen LogP contribution is 2.30. The van der Waals surface area contributed by atoms with E-state index in [1.165, 1.54) is 11.8 Å². The molecule has 0 fully saturated rings. The summed E-state index contributed by atoms with van der Waals surface area (Å²) >= 11 is 1.31. The number of nitrogens with zero attached hydrogens (tertiary/aromatic N) is 4. The lowest BCUT2D eigenvalue weighted by Gasteiger charge is -2.11. The van der Waals surface area contributed by atoms with Crippen molar-refractivity contribution >= 4 is 45.4 Å². The number of amides is 1. The van der Waals surface area contributed by atoms with Crippen LogP contribution in [0.15, 0.2) is 113 Å². The van der Waals surface area contributed by atoms with E-state index in [2.05, 4.69) is 51.1 Å². The van der Waals surface area contributed by atoms with Gasteiger partial charge in [0.25, 0.3) is 5.91 Å². The molecule has 0 aliphatic rings. The molecule has 7 nitrogen and oxygen atoms in total. The second-order valence-corrected chi connectivity index (χ2v) is 10.5. The summed E-state index contributed by atoms with van der Waals surface area (Å²) in [6, 6.07) is 34.3. The molecule has 0 saturated heterocycles.